The van der Waals surface area contributed by atoms with E-state index in [1.54, 1.807) is 0 Å². The van der Waals surface area contributed by atoms with Crippen LogP contribution in [0.2, 0.25) is 0 Å². The highest BCUT2D eigenvalue weighted by Crippen LogP contribution is 2.35. The lowest BCUT2D eigenvalue weighted by atomic mass is 10.2. The summed E-state index contributed by atoms with van der Waals surface area (Å²) in [6, 6.07) is 11.7. The van der Waals surface area contributed by atoms with Crippen molar-refractivity contribution in [2.24, 2.45) is 10.2 Å². The molecule has 0 fully saturated rings. The Morgan fingerprint density at radius 3 is 2.83 bits per heavy atom. The lowest BCUT2D eigenvalue weighted by molar-refractivity contribution is 0.459. The zero-order chi connectivity index (χ0) is 16.4. The molecule has 1 heterocycles. The maximum atomic E-state index is 13.2. The second-order valence-electron chi connectivity index (χ2n) is 4.96. The molecule has 0 amide bonds. The molecule has 0 radical (unpaired) electrons. The first-order valence-corrected chi connectivity index (χ1v) is 7.24. The van der Waals surface area contributed by atoms with Crippen molar-refractivity contribution in [3.05, 3.63) is 53.8 Å². The van der Waals surface area contributed by atoms with Gasteiger partial charge in [0, 0.05) is 11.1 Å². The number of aromatic amines is 1. The van der Waals surface area contributed by atoms with Crippen LogP contribution < -0.4 is 5.32 Å². The third-order valence-electron chi connectivity index (χ3n) is 3.34. The number of thiocarbonyl (C=S) groups is 1. The van der Waals surface area contributed by atoms with E-state index in [0.717, 1.165) is 11.3 Å². The molecule has 0 bridgehead atoms. The molecule has 7 heteroatoms. The minimum absolute atomic E-state index is 0.162. The predicted octanol–water partition coefficient (Wildman–Crippen LogP) is 4.80. The lowest BCUT2D eigenvalue weighted by Gasteiger charge is -2.05. The number of nitrogens with one attached hydrogen (secondary N) is 2. The zero-order valence-corrected chi connectivity index (χ0v) is 13.0. The van der Waals surface area contributed by atoms with Crippen LogP contribution in [-0.4, -0.2) is 15.2 Å². The number of hydrogen-bond acceptors (Lipinski definition) is 3. The number of aryl methyl sites for hydroxylation is 1. The fraction of sp³-hybridized carbons (Fsp3) is 0.0625. The fourth-order valence-electron chi connectivity index (χ4n) is 2.19. The summed E-state index contributed by atoms with van der Waals surface area (Å²) < 4.78 is 13.2. The van der Waals surface area contributed by atoms with Gasteiger partial charge in [0.15, 0.2) is 5.69 Å². The van der Waals surface area contributed by atoms with Crippen molar-refractivity contribution in [2.45, 2.75) is 6.92 Å². The normalized spacial score (nSPS) is 11.2. The first kappa shape index (κ1) is 15.1. The van der Waals surface area contributed by atoms with Crippen LogP contribution in [0, 0.1) is 12.7 Å². The second kappa shape index (κ2) is 6.13. The van der Waals surface area contributed by atoms with Crippen molar-refractivity contribution in [1.29, 1.82) is 0 Å². The standard InChI is InChI=1S/C16H13FN4OS/c1-9-4-2-3-5-12(9)19-16(23)21-20-14-11-7-6-10(17)8-13(11)18-15(14)22/h2-8,18,22H,1H3,(H,19,23). The molecule has 23 heavy (non-hydrogen) atoms. The van der Waals surface area contributed by atoms with Crippen molar-refractivity contribution >= 4 is 39.6 Å². The number of azo groups is 1. The van der Waals surface area contributed by atoms with Gasteiger partial charge in [0.1, 0.15) is 5.82 Å². The molecule has 0 aliphatic heterocycles. The summed E-state index contributed by atoms with van der Waals surface area (Å²) >= 11 is 5.13. The summed E-state index contributed by atoms with van der Waals surface area (Å²) in [6.45, 7) is 1.95. The van der Waals surface area contributed by atoms with Gasteiger partial charge in [0.25, 0.3) is 0 Å². The van der Waals surface area contributed by atoms with Gasteiger partial charge in [-0.2, -0.15) is 0 Å². The summed E-state index contributed by atoms with van der Waals surface area (Å²) in [5.41, 5.74) is 2.51. The van der Waals surface area contributed by atoms with Gasteiger partial charge < -0.3 is 15.4 Å². The Labute approximate surface area is 136 Å². The van der Waals surface area contributed by atoms with Gasteiger partial charge in [0.05, 0.1) is 5.52 Å². The zero-order valence-electron chi connectivity index (χ0n) is 12.2. The summed E-state index contributed by atoms with van der Waals surface area (Å²) in [4.78, 5) is 2.65. The van der Waals surface area contributed by atoms with Gasteiger partial charge in [-0.05, 0) is 49.0 Å². The largest absolute Gasteiger partial charge is 0.493 e. The molecular formula is C16H13FN4OS. The smallest absolute Gasteiger partial charge is 0.218 e. The number of hydrogen-bond donors (Lipinski definition) is 3. The van der Waals surface area contributed by atoms with Crippen LogP contribution in [0.3, 0.4) is 0 Å². The quantitative estimate of drug-likeness (QED) is 0.467. The van der Waals surface area contributed by atoms with Crippen LogP contribution in [0.4, 0.5) is 15.8 Å². The summed E-state index contributed by atoms with van der Waals surface area (Å²) in [5.74, 6) is -0.591. The summed E-state index contributed by atoms with van der Waals surface area (Å²) in [6.07, 6.45) is 0. The Morgan fingerprint density at radius 2 is 2.04 bits per heavy atom. The molecule has 3 N–H and O–H groups in total. The van der Waals surface area contributed by atoms with E-state index in [1.807, 2.05) is 31.2 Å². The van der Waals surface area contributed by atoms with Gasteiger partial charge in [-0.25, -0.2) is 4.39 Å². The van der Waals surface area contributed by atoms with Crippen LogP contribution >= 0.6 is 12.2 Å². The van der Waals surface area contributed by atoms with E-state index >= 15 is 0 Å². The number of H-pyrrole nitrogens is 1. The molecule has 0 unspecified atom stereocenters. The highest BCUT2D eigenvalue weighted by Gasteiger charge is 2.11. The molecule has 1 aromatic heterocycles. The molecule has 2 aromatic carbocycles. The molecule has 3 aromatic rings. The number of nitrogens with zero attached hydrogens (tertiary/aromatic N) is 2. The van der Waals surface area contributed by atoms with Crippen molar-refractivity contribution < 1.29 is 9.50 Å². The van der Waals surface area contributed by atoms with Crippen molar-refractivity contribution in [3.63, 3.8) is 0 Å². The molecule has 0 aliphatic rings. The third kappa shape index (κ3) is 3.19. The molecule has 3 rings (SSSR count). The minimum atomic E-state index is -0.404. The van der Waals surface area contributed by atoms with Gasteiger partial charge in [-0.1, -0.05) is 18.2 Å². The average Bonchev–Trinajstić information content (AvgIpc) is 2.82. The van der Waals surface area contributed by atoms with E-state index in [-0.39, 0.29) is 16.7 Å². The Bertz CT molecular complexity index is 920. The van der Waals surface area contributed by atoms with E-state index in [1.165, 1.54) is 18.2 Å². The maximum Gasteiger partial charge on any atom is 0.218 e. The van der Waals surface area contributed by atoms with Gasteiger partial charge in [-0.3, -0.25) is 0 Å². The lowest BCUT2D eigenvalue weighted by Crippen LogP contribution is -2.06. The van der Waals surface area contributed by atoms with Gasteiger partial charge >= 0.3 is 0 Å². The minimum Gasteiger partial charge on any atom is -0.493 e. The number of rotatable bonds is 2. The Kier molecular flexibility index (Phi) is 4.03. The molecular weight excluding hydrogens is 315 g/mol. The van der Waals surface area contributed by atoms with E-state index in [9.17, 15) is 9.50 Å². The number of fused-ring (bicyclic) bond motifs is 1. The van der Waals surface area contributed by atoms with E-state index in [0.29, 0.717) is 10.9 Å². The molecule has 0 saturated heterocycles. The van der Waals surface area contributed by atoms with Crippen LogP contribution in [0.15, 0.2) is 52.7 Å². The number of para-hydroxylation sites is 1. The monoisotopic (exact) mass is 328 g/mol. The van der Waals surface area contributed by atoms with Crippen molar-refractivity contribution in [1.82, 2.24) is 4.98 Å². The second-order valence-corrected chi connectivity index (χ2v) is 5.34. The molecule has 0 spiro atoms. The summed E-state index contributed by atoms with van der Waals surface area (Å²) in [5, 5.41) is 21.4. The van der Waals surface area contributed by atoms with Crippen LogP contribution in [-0.2, 0) is 0 Å². The van der Waals surface area contributed by atoms with Crippen molar-refractivity contribution in [3.8, 4) is 5.88 Å². The molecule has 116 valence electrons. The Hall–Kier alpha value is -2.80. The number of halogens is 1. The third-order valence-corrected chi connectivity index (χ3v) is 3.53. The van der Waals surface area contributed by atoms with Gasteiger partial charge in [-0.15, -0.1) is 10.2 Å². The van der Waals surface area contributed by atoms with Crippen LogP contribution in [0.5, 0.6) is 5.88 Å². The number of benzene rings is 2. The number of aromatic hydroxyl groups is 1. The number of aromatic nitrogens is 1. The molecule has 0 atom stereocenters. The first-order chi connectivity index (χ1) is 11.0. The van der Waals surface area contributed by atoms with E-state index in [4.69, 9.17) is 12.2 Å². The first-order valence-electron chi connectivity index (χ1n) is 6.83. The van der Waals surface area contributed by atoms with Gasteiger partial charge in [0.2, 0.25) is 11.0 Å². The SMILES string of the molecule is Cc1ccccc1NC(=S)N=Nc1c(O)[nH]c2cc(F)ccc12. The highest BCUT2D eigenvalue weighted by molar-refractivity contribution is 7.80. The average molecular weight is 328 g/mol. The van der Waals surface area contributed by atoms with Crippen molar-refractivity contribution in [2.75, 3.05) is 5.32 Å². The fourth-order valence-corrected chi connectivity index (χ4v) is 2.34. The highest BCUT2D eigenvalue weighted by atomic mass is 32.1. The molecule has 5 nitrogen and oxygen atoms in total. The van der Waals surface area contributed by atoms with E-state index in [2.05, 4.69) is 20.5 Å². The topological polar surface area (TPSA) is 72.8 Å². The Balaban J connectivity index is 1.84. The van der Waals surface area contributed by atoms with Crippen LogP contribution in [0.25, 0.3) is 10.9 Å². The molecule has 0 saturated carbocycles. The maximum absolute atomic E-state index is 13.2. The Morgan fingerprint density at radius 1 is 1.26 bits per heavy atom. The number of anilines is 1. The predicted molar refractivity (Wildman–Crippen MR) is 91.8 cm³/mol. The van der Waals surface area contributed by atoms with E-state index < -0.39 is 5.82 Å². The van der Waals surface area contributed by atoms with Crippen LogP contribution in [0.1, 0.15) is 5.56 Å². The summed E-state index contributed by atoms with van der Waals surface area (Å²) in [7, 11) is 0. The molecule has 0 aliphatic carbocycles.